The molecular formula is C16H19NO3S. The monoisotopic (exact) mass is 305 g/mol. The molecule has 0 aliphatic heterocycles. The second-order valence-corrected chi connectivity index (χ2v) is 6.57. The zero-order chi connectivity index (χ0) is 15.5. The van der Waals surface area contributed by atoms with Crippen LogP contribution in [0, 0.1) is 6.92 Å². The van der Waals surface area contributed by atoms with Crippen molar-refractivity contribution in [2.24, 2.45) is 0 Å². The smallest absolute Gasteiger partial charge is 0.261 e. The number of para-hydroxylation sites is 1. The van der Waals surface area contributed by atoms with E-state index in [1.54, 1.807) is 43.5 Å². The van der Waals surface area contributed by atoms with Gasteiger partial charge in [-0.25, -0.2) is 8.42 Å². The molecule has 4 nitrogen and oxygen atoms in total. The summed E-state index contributed by atoms with van der Waals surface area (Å²) in [6, 6.07) is 14.0. The third-order valence-corrected chi connectivity index (χ3v) is 4.71. The van der Waals surface area contributed by atoms with Crippen LogP contribution in [0.1, 0.15) is 24.2 Å². The Kier molecular flexibility index (Phi) is 4.65. The zero-order valence-electron chi connectivity index (χ0n) is 12.3. The third kappa shape index (κ3) is 3.62. The van der Waals surface area contributed by atoms with Crippen molar-refractivity contribution < 1.29 is 13.2 Å². The number of rotatable bonds is 5. The number of hydrogen-bond acceptors (Lipinski definition) is 3. The van der Waals surface area contributed by atoms with E-state index in [0.717, 1.165) is 11.1 Å². The Morgan fingerprint density at radius 2 is 1.67 bits per heavy atom. The lowest BCUT2D eigenvalue weighted by Crippen LogP contribution is -2.15. The average molecular weight is 305 g/mol. The number of anilines is 1. The highest BCUT2D eigenvalue weighted by atomic mass is 32.2. The topological polar surface area (TPSA) is 55.4 Å². The number of benzene rings is 2. The van der Waals surface area contributed by atoms with Gasteiger partial charge in [-0.1, -0.05) is 35.9 Å². The van der Waals surface area contributed by atoms with E-state index in [1.807, 2.05) is 26.0 Å². The number of hydrogen-bond donors (Lipinski definition) is 1. The summed E-state index contributed by atoms with van der Waals surface area (Å²) in [4.78, 5) is 0.243. The molecule has 0 saturated carbocycles. The molecule has 0 heterocycles. The molecular weight excluding hydrogens is 286 g/mol. The normalized spacial score (nSPS) is 12.9. The van der Waals surface area contributed by atoms with Crippen LogP contribution in [0.25, 0.3) is 0 Å². The van der Waals surface area contributed by atoms with Crippen molar-refractivity contribution >= 4 is 15.7 Å². The Hall–Kier alpha value is -1.85. The first kappa shape index (κ1) is 15.5. The standard InChI is InChI=1S/C16H19NO3S/c1-12-8-10-14(11-9-12)21(18,19)17-16-7-5-4-6-15(16)13(2)20-3/h4-11,13,17H,1-3H3. The molecule has 0 saturated heterocycles. The van der Waals surface area contributed by atoms with E-state index in [1.165, 1.54) is 0 Å². The minimum Gasteiger partial charge on any atom is -0.377 e. The van der Waals surface area contributed by atoms with Gasteiger partial charge >= 0.3 is 0 Å². The van der Waals surface area contributed by atoms with Gasteiger partial charge in [-0.2, -0.15) is 0 Å². The molecule has 0 amide bonds. The molecule has 112 valence electrons. The highest BCUT2D eigenvalue weighted by Crippen LogP contribution is 2.26. The van der Waals surface area contributed by atoms with Gasteiger partial charge in [-0.05, 0) is 32.0 Å². The number of nitrogens with one attached hydrogen (secondary N) is 1. The molecule has 2 aromatic rings. The van der Waals surface area contributed by atoms with Crippen LogP contribution in [-0.2, 0) is 14.8 Å². The maximum absolute atomic E-state index is 12.4. The lowest BCUT2D eigenvalue weighted by Gasteiger charge is -2.16. The summed E-state index contributed by atoms with van der Waals surface area (Å²) in [6.07, 6.45) is -0.193. The summed E-state index contributed by atoms with van der Waals surface area (Å²) in [5.74, 6) is 0. The van der Waals surface area contributed by atoms with Crippen LogP contribution in [0.2, 0.25) is 0 Å². The van der Waals surface area contributed by atoms with E-state index >= 15 is 0 Å². The Bertz CT molecular complexity index is 709. The number of ether oxygens (including phenoxy) is 1. The van der Waals surface area contributed by atoms with E-state index in [4.69, 9.17) is 4.74 Å². The van der Waals surface area contributed by atoms with Gasteiger partial charge in [0, 0.05) is 12.7 Å². The van der Waals surface area contributed by atoms with Gasteiger partial charge in [0.2, 0.25) is 0 Å². The van der Waals surface area contributed by atoms with Crippen LogP contribution in [0.5, 0.6) is 0 Å². The van der Waals surface area contributed by atoms with Gasteiger partial charge in [0.05, 0.1) is 16.7 Å². The van der Waals surface area contributed by atoms with Crippen molar-refractivity contribution in [3.05, 3.63) is 59.7 Å². The van der Waals surface area contributed by atoms with Crippen LogP contribution in [0.15, 0.2) is 53.4 Å². The predicted molar refractivity (Wildman–Crippen MR) is 83.9 cm³/mol. The molecule has 0 spiro atoms. The third-order valence-electron chi connectivity index (χ3n) is 3.33. The molecule has 21 heavy (non-hydrogen) atoms. The highest BCUT2D eigenvalue weighted by molar-refractivity contribution is 7.92. The van der Waals surface area contributed by atoms with E-state index < -0.39 is 10.0 Å². The molecule has 1 atom stereocenters. The van der Waals surface area contributed by atoms with Crippen LogP contribution in [0.4, 0.5) is 5.69 Å². The molecule has 0 fully saturated rings. The van der Waals surface area contributed by atoms with Gasteiger partial charge in [0.25, 0.3) is 10.0 Å². The summed E-state index contributed by atoms with van der Waals surface area (Å²) in [5.41, 5.74) is 2.35. The summed E-state index contributed by atoms with van der Waals surface area (Å²) in [7, 11) is -2.01. The fourth-order valence-corrected chi connectivity index (χ4v) is 3.08. The molecule has 0 aliphatic carbocycles. The molecule has 0 aromatic heterocycles. The van der Waals surface area contributed by atoms with Crippen molar-refractivity contribution in [1.29, 1.82) is 0 Å². The van der Waals surface area contributed by atoms with Crippen molar-refractivity contribution in [1.82, 2.24) is 0 Å². The van der Waals surface area contributed by atoms with Crippen molar-refractivity contribution in [3.8, 4) is 0 Å². The summed E-state index contributed by atoms with van der Waals surface area (Å²) in [5, 5.41) is 0. The molecule has 0 radical (unpaired) electrons. The van der Waals surface area contributed by atoms with Crippen LogP contribution >= 0.6 is 0 Å². The van der Waals surface area contributed by atoms with Gasteiger partial charge in [0.15, 0.2) is 0 Å². The van der Waals surface area contributed by atoms with Gasteiger partial charge in [-0.3, -0.25) is 4.72 Å². The van der Waals surface area contributed by atoms with Crippen molar-refractivity contribution in [3.63, 3.8) is 0 Å². The molecule has 0 aliphatic rings. The summed E-state index contributed by atoms with van der Waals surface area (Å²) in [6.45, 7) is 3.79. The van der Waals surface area contributed by atoms with Crippen molar-refractivity contribution in [2.45, 2.75) is 24.8 Å². The minimum atomic E-state index is -3.60. The SMILES string of the molecule is COC(C)c1ccccc1NS(=O)(=O)c1ccc(C)cc1. The second kappa shape index (κ2) is 6.28. The number of aryl methyl sites for hydroxylation is 1. The van der Waals surface area contributed by atoms with Gasteiger partial charge in [0.1, 0.15) is 0 Å². The lowest BCUT2D eigenvalue weighted by atomic mass is 10.1. The Balaban J connectivity index is 2.35. The van der Waals surface area contributed by atoms with Crippen LogP contribution in [-0.4, -0.2) is 15.5 Å². The molecule has 0 bridgehead atoms. The first-order chi connectivity index (χ1) is 9.94. The van der Waals surface area contributed by atoms with Crippen LogP contribution < -0.4 is 4.72 Å². The molecule has 2 aromatic carbocycles. The fraction of sp³-hybridized carbons (Fsp3) is 0.250. The maximum atomic E-state index is 12.4. The minimum absolute atomic E-state index is 0.193. The first-order valence-corrected chi connectivity index (χ1v) is 8.13. The largest absolute Gasteiger partial charge is 0.377 e. The first-order valence-electron chi connectivity index (χ1n) is 6.65. The Morgan fingerprint density at radius 3 is 2.29 bits per heavy atom. The molecule has 2 rings (SSSR count). The second-order valence-electron chi connectivity index (χ2n) is 4.88. The molecule has 1 N–H and O–H groups in total. The lowest BCUT2D eigenvalue weighted by molar-refractivity contribution is 0.120. The van der Waals surface area contributed by atoms with E-state index in [-0.39, 0.29) is 11.0 Å². The summed E-state index contributed by atoms with van der Waals surface area (Å²) >= 11 is 0. The number of methoxy groups -OCH3 is 1. The number of sulfonamides is 1. The fourth-order valence-electron chi connectivity index (χ4n) is 1.99. The highest BCUT2D eigenvalue weighted by Gasteiger charge is 2.17. The molecule has 1 unspecified atom stereocenters. The van der Waals surface area contributed by atoms with E-state index in [2.05, 4.69) is 4.72 Å². The average Bonchev–Trinajstić information content (AvgIpc) is 2.47. The van der Waals surface area contributed by atoms with E-state index in [9.17, 15) is 8.42 Å². The zero-order valence-corrected chi connectivity index (χ0v) is 13.1. The van der Waals surface area contributed by atoms with Crippen LogP contribution in [0.3, 0.4) is 0 Å². The predicted octanol–water partition coefficient (Wildman–Crippen LogP) is 3.50. The van der Waals surface area contributed by atoms with Gasteiger partial charge in [-0.15, -0.1) is 0 Å². The quantitative estimate of drug-likeness (QED) is 0.919. The molecule has 5 heteroatoms. The Morgan fingerprint density at radius 1 is 1.05 bits per heavy atom. The summed E-state index contributed by atoms with van der Waals surface area (Å²) < 4.78 is 32.8. The maximum Gasteiger partial charge on any atom is 0.261 e. The van der Waals surface area contributed by atoms with E-state index in [0.29, 0.717) is 5.69 Å². The van der Waals surface area contributed by atoms with Gasteiger partial charge < -0.3 is 4.74 Å². The Labute approximate surface area is 125 Å². The van der Waals surface area contributed by atoms with Crippen molar-refractivity contribution in [2.75, 3.05) is 11.8 Å².